The van der Waals surface area contributed by atoms with E-state index in [0.717, 1.165) is 28.2 Å². The average Bonchev–Trinajstić information content (AvgIpc) is 3.01. The van der Waals surface area contributed by atoms with Gasteiger partial charge in [0.1, 0.15) is 5.15 Å². The molecule has 27 heavy (non-hydrogen) atoms. The van der Waals surface area contributed by atoms with Gasteiger partial charge in [0.15, 0.2) is 5.96 Å². The van der Waals surface area contributed by atoms with Crippen LogP contribution in [0.1, 0.15) is 22.5 Å². The highest BCUT2D eigenvalue weighted by Gasteiger charge is 2.09. The molecule has 0 radical (unpaired) electrons. The largest absolute Gasteiger partial charge is 0.352 e. The number of halogens is 1. The standard InChI is InChI=1S/C20H23ClN6/c1-14-10-15(2)27(26-14)18-7-5-4-6-17(18)13-25-20(22-3)24-12-16-8-9-19(21)23-11-16/h4-11H,12-13H2,1-3H3,(H2,22,24,25). The van der Waals surface area contributed by atoms with Gasteiger partial charge < -0.3 is 10.6 Å². The highest BCUT2D eigenvalue weighted by Crippen LogP contribution is 2.16. The predicted octanol–water partition coefficient (Wildman–Crippen LogP) is 3.40. The number of aromatic nitrogens is 3. The second-order valence-corrected chi connectivity index (χ2v) is 6.62. The summed E-state index contributed by atoms with van der Waals surface area (Å²) >= 11 is 5.82. The molecule has 6 nitrogen and oxygen atoms in total. The minimum atomic E-state index is 0.488. The van der Waals surface area contributed by atoms with Crippen LogP contribution in [0.5, 0.6) is 0 Å². The third kappa shape index (κ3) is 4.86. The zero-order valence-electron chi connectivity index (χ0n) is 15.7. The van der Waals surface area contributed by atoms with E-state index in [1.165, 1.54) is 0 Å². The molecule has 140 valence electrons. The van der Waals surface area contributed by atoms with Crippen LogP contribution in [0, 0.1) is 13.8 Å². The smallest absolute Gasteiger partial charge is 0.191 e. The first-order chi connectivity index (χ1) is 13.1. The number of benzene rings is 1. The molecule has 0 aliphatic carbocycles. The van der Waals surface area contributed by atoms with E-state index in [1.54, 1.807) is 19.3 Å². The lowest BCUT2D eigenvalue weighted by Gasteiger charge is -2.15. The van der Waals surface area contributed by atoms with Gasteiger partial charge in [-0.05, 0) is 43.2 Å². The van der Waals surface area contributed by atoms with E-state index in [9.17, 15) is 0 Å². The van der Waals surface area contributed by atoms with Crippen molar-refractivity contribution in [1.82, 2.24) is 25.4 Å². The lowest BCUT2D eigenvalue weighted by Crippen LogP contribution is -2.36. The Morgan fingerprint density at radius 1 is 1.11 bits per heavy atom. The van der Waals surface area contributed by atoms with E-state index in [2.05, 4.69) is 50.8 Å². The van der Waals surface area contributed by atoms with Crippen molar-refractivity contribution >= 4 is 17.6 Å². The first-order valence-corrected chi connectivity index (χ1v) is 9.11. The van der Waals surface area contributed by atoms with Crippen LogP contribution in [0.25, 0.3) is 5.69 Å². The second-order valence-electron chi connectivity index (χ2n) is 6.24. The van der Waals surface area contributed by atoms with E-state index in [1.807, 2.05) is 29.8 Å². The molecule has 0 saturated carbocycles. The molecule has 3 aromatic rings. The van der Waals surface area contributed by atoms with Gasteiger partial charge in [-0.15, -0.1) is 0 Å². The van der Waals surface area contributed by atoms with Crippen molar-refractivity contribution < 1.29 is 0 Å². The van der Waals surface area contributed by atoms with Gasteiger partial charge >= 0.3 is 0 Å². The van der Waals surface area contributed by atoms with Crippen molar-refractivity contribution in [2.24, 2.45) is 4.99 Å². The van der Waals surface area contributed by atoms with Crippen LogP contribution >= 0.6 is 11.6 Å². The fraction of sp³-hybridized carbons (Fsp3) is 0.250. The van der Waals surface area contributed by atoms with Crippen molar-refractivity contribution in [2.75, 3.05) is 7.05 Å². The quantitative estimate of drug-likeness (QED) is 0.403. The van der Waals surface area contributed by atoms with Crippen molar-refractivity contribution in [1.29, 1.82) is 0 Å². The molecule has 0 unspecified atom stereocenters. The van der Waals surface area contributed by atoms with Crippen LogP contribution < -0.4 is 10.6 Å². The summed E-state index contributed by atoms with van der Waals surface area (Å²) < 4.78 is 1.97. The molecule has 0 atom stereocenters. The van der Waals surface area contributed by atoms with Crippen LogP contribution in [0.3, 0.4) is 0 Å². The van der Waals surface area contributed by atoms with Crippen LogP contribution in [-0.4, -0.2) is 27.8 Å². The molecular weight excluding hydrogens is 360 g/mol. The Kier molecular flexibility index (Phi) is 6.08. The van der Waals surface area contributed by atoms with Gasteiger partial charge in [0.05, 0.1) is 11.4 Å². The molecule has 0 spiro atoms. The number of pyridine rings is 1. The predicted molar refractivity (Wildman–Crippen MR) is 109 cm³/mol. The van der Waals surface area contributed by atoms with Gasteiger partial charge in [0.25, 0.3) is 0 Å². The molecule has 0 aliphatic rings. The minimum absolute atomic E-state index is 0.488. The second kappa shape index (κ2) is 8.68. The lowest BCUT2D eigenvalue weighted by molar-refractivity contribution is 0.780. The fourth-order valence-electron chi connectivity index (χ4n) is 2.84. The maximum Gasteiger partial charge on any atom is 0.191 e. The third-order valence-electron chi connectivity index (χ3n) is 4.15. The van der Waals surface area contributed by atoms with Gasteiger partial charge in [0, 0.05) is 32.0 Å². The molecule has 0 saturated heterocycles. The van der Waals surface area contributed by atoms with E-state index in [0.29, 0.717) is 24.2 Å². The molecule has 0 fully saturated rings. The number of aliphatic imine (C=N–C) groups is 1. The number of aryl methyl sites for hydroxylation is 2. The van der Waals surface area contributed by atoms with Gasteiger partial charge in [-0.25, -0.2) is 9.67 Å². The zero-order chi connectivity index (χ0) is 19.2. The Labute approximate surface area is 164 Å². The molecule has 2 heterocycles. The SMILES string of the molecule is CN=C(NCc1ccc(Cl)nc1)NCc1ccccc1-n1nc(C)cc1C. The summed E-state index contributed by atoms with van der Waals surface area (Å²) in [5.41, 5.74) is 5.35. The Bertz CT molecular complexity index is 930. The van der Waals surface area contributed by atoms with E-state index < -0.39 is 0 Å². The summed E-state index contributed by atoms with van der Waals surface area (Å²) in [5, 5.41) is 11.7. The summed E-state index contributed by atoms with van der Waals surface area (Å²) in [5.74, 6) is 0.716. The number of nitrogens with one attached hydrogen (secondary N) is 2. The van der Waals surface area contributed by atoms with Crippen LogP contribution in [0.2, 0.25) is 5.15 Å². The Morgan fingerprint density at radius 2 is 1.89 bits per heavy atom. The molecule has 2 aromatic heterocycles. The normalized spacial score (nSPS) is 11.5. The molecule has 0 amide bonds. The van der Waals surface area contributed by atoms with Crippen LogP contribution in [0.4, 0.5) is 0 Å². The maximum absolute atomic E-state index is 5.82. The molecule has 0 aliphatic heterocycles. The van der Waals surface area contributed by atoms with Gasteiger partial charge in [-0.1, -0.05) is 35.9 Å². The first-order valence-electron chi connectivity index (χ1n) is 8.73. The molecular formula is C20H23ClN6. The molecule has 1 aromatic carbocycles. The van der Waals surface area contributed by atoms with Gasteiger partial charge in [-0.3, -0.25) is 4.99 Å². The topological polar surface area (TPSA) is 67.1 Å². The highest BCUT2D eigenvalue weighted by atomic mass is 35.5. The van der Waals surface area contributed by atoms with Gasteiger partial charge in [0.2, 0.25) is 0 Å². The number of para-hydroxylation sites is 1. The summed E-state index contributed by atoms with van der Waals surface area (Å²) in [6.45, 7) is 5.31. The van der Waals surface area contributed by atoms with E-state index in [4.69, 9.17) is 11.6 Å². The molecule has 7 heteroatoms. The monoisotopic (exact) mass is 382 g/mol. The minimum Gasteiger partial charge on any atom is -0.352 e. The lowest BCUT2D eigenvalue weighted by atomic mass is 10.1. The Morgan fingerprint density at radius 3 is 2.56 bits per heavy atom. The number of hydrogen-bond donors (Lipinski definition) is 2. The molecule has 2 N–H and O–H groups in total. The number of rotatable bonds is 5. The van der Waals surface area contributed by atoms with Crippen molar-refractivity contribution in [2.45, 2.75) is 26.9 Å². The Balaban J connectivity index is 1.67. The number of hydrogen-bond acceptors (Lipinski definition) is 3. The third-order valence-corrected chi connectivity index (χ3v) is 4.37. The first kappa shape index (κ1) is 18.9. The summed E-state index contributed by atoms with van der Waals surface area (Å²) in [6.07, 6.45) is 1.75. The van der Waals surface area contributed by atoms with Crippen molar-refractivity contribution in [3.8, 4) is 5.69 Å². The maximum atomic E-state index is 5.82. The Hall–Kier alpha value is -2.86. The number of guanidine groups is 1. The zero-order valence-corrected chi connectivity index (χ0v) is 16.5. The van der Waals surface area contributed by atoms with E-state index >= 15 is 0 Å². The molecule has 0 bridgehead atoms. The summed E-state index contributed by atoms with van der Waals surface area (Å²) in [4.78, 5) is 8.37. The van der Waals surface area contributed by atoms with Crippen LogP contribution in [-0.2, 0) is 13.1 Å². The van der Waals surface area contributed by atoms with Crippen molar-refractivity contribution in [3.63, 3.8) is 0 Å². The highest BCUT2D eigenvalue weighted by molar-refractivity contribution is 6.29. The average molecular weight is 383 g/mol. The van der Waals surface area contributed by atoms with Crippen LogP contribution in [0.15, 0.2) is 53.7 Å². The molecule has 3 rings (SSSR count). The summed E-state index contributed by atoms with van der Waals surface area (Å²) in [6, 6.07) is 14.0. The number of nitrogens with zero attached hydrogens (tertiary/aromatic N) is 4. The van der Waals surface area contributed by atoms with Crippen molar-refractivity contribution in [3.05, 3.63) is 76.3 Å². The van der Waals surface area contributed by atoms with E-state index in [-0.39, 0.29) is 0 Å². The van der Waals surface area contributed by atoms with Gasteiger partial charge in [-0.2, -0.15) is 5.10 Å². The summed E-state index contributed by atoms with van der Waals surface area (Å²) in [7, 11) is 1.75. The fourth-order valence-corrected chi connectivity index (χ4v) is 2.95.